The average Bonchev–Trinajstić information content (AvgIpc) is 2.44. The van der Waals surface area contributed by atoms with E-state index < -0.39 is 18.0 Å². The summed E-state index contributed by atoms with van der Waals surface area (Å²) in [7, 11) is 0. The second kappa shape index (κ2) is 5.82. The molecule has 1 aliphatic rings. The third kappa shape index (κ3) is 3.13. The molecular formula is C14H17N3O4. The van der Waals surface area contributed by atoms with Gasteiger partial charge in [0.05, 0.1) is 5.56 Å². The van der Waals surface area contributed by atoms with Crippen LogP contribution < -0.4 is 11.1 Å². The number of hydrogen-bond donors (Lipinski definition) is 3. The number of carbonyl (C=O) groups excluding carboxylic acids is 2. The van der Waals surface area contributed by atoms with E-state index in [2.05, 4.69) is 5.32 Å². The Labute approximate surface area is 121 Å². The molecular weight excluding hydrogens is 274 g/mol. The van der Waals surface area contributed by atoms with E-state index in [1.54, 1.807) is 24.0 Å². The summed E-state index contributed by atoms with van der Waals surface area (Å²) in [6.07, 6.45) is 0.479. The van der Waals surface area contributed by atoms with Crippen LogP contribution in [0.4, 0.5) is 4.79 Å². The maximum atomic E-state index is 12.2. The number of nitrogens with zero attached hydrogens (tertiary/aromatic N) is 1. The third-order valence-corrected chi connectivity index (χ3v) is 3.54. The van der Waals surface area contributed by atoms with Gasteiger partial charge in [-0.15, -0.1) is 0 Å². The Morgan fingerprint density at radius 3 is 2.71 bits per heavy atom. The molecule has 1 atom stereocenters. The number of amides is 3. The van der Waals surface area contributed by atoms with Crippen LogP contribution in [-0.4, -0.2) is 40.5 Å². The highest BCUT2D eigenvalue weighted by Gasteiger charge is 2.27. The Balaban J connectivity index is 2.16. The zero-order valence-electron chi connectivity index (χ0n) is 11.6. The van der Waals surface area contributed by atoms with Crippen LogP contribution in [0, 0.1) is 0 Å². The Hall–Kier alpha value is -2.57. The smallest absolute Gasteiger partial charge is 0.335 e. The van der Waals surface area contributed by atoms with Crippen molar-refractivity contribution in [3.63, 3.8) is 0 Å². The van der Waals surface area contributed by atoms with E-state index in [-0.39, 0.29) is 11.5 Å². The van der Waals surface area contributed by atoms with Crippen LogP contribution in [-0.2, 0) is 17.8 Å². The second-order valence-corrected chi connectivity index (χ2v) is 4.99. The lowest BCUT2D eigenvalue weighted by atomic mass is 9.94. The molecule has 0 aromatic heterocycles. The molecule has 0 fully saturated rings. The monoisotopic (exact) mass is 291 g/mol. The average molecular weight is 291 g/mol. The van der Waals surface area contributed by atoms with Crippen LogP contribution in [0.2, 0.25) is 0 Å². The fourth-order valence-corrected chi connectivity index (χ4v) is 2.55. The number of benzene rings is 1. The van der Waals surface area contributed by atoms with Gasteiger partial charge in [0, 0.05) is 13.1 Å². The minimum atomic E-state index is -0.963. The molecule has 1 aromatic rings. The van der Waals surface area contributed by atoms with Gasteiger partial charge in [0.25, 0.3) is 0 Å². The largest absolute Gasteiger partial charge is 0.478 e. The molecule has 1 unspecified atom stereocenters. The van der Waals surface area contributed by atoms with Crippen LogP contribution >= 0.6 is 0 Å². The second-order valence-electron chi connectivity index (χ2n) is 4.99. The van der Waals surface area contributed by atoms with E-state index in [4.69, 9.17) is 10.8 Å². The topological polar surface area (TPSA) is 113 Å². The van der Waals surface area contributed by atoms with Crippen LogP contribution in [0.5, 0.6) is 0 Å². The lowest BCUT2D eigenvalue weighted by Gasteiger charge is -2.31. The van der Waals surface area contributed by atoms with Crippen molar-refractivity contribution < 1.29 is 19.5 Å². The molecule has 3 amide bonds. The lowest BCUT2D eigenvalue weighted by Crippen LogP contribution is -2.49. The molecule has 7 nitrogen and oxygen atoms in total. The van der Waals surface area contributed by atoms with Gasteiger partial charge >= 0.3 is 12.0 Å². The van der Waals surface area contributed by atoms with Crippen LogP contribution in [0.25, 0.3) is 0 Å². The fourth-order valence-electron chi connectivity index (χ4n) is 2.55. The maximum Gasteiger partial charge on any atom is 0.335 e. The van der Waals surface area contributed by atoms with Crippen LogP contribution in [0.1, 0.15) is 28.4 Å². The Morgan fingerprint density at radius 1 is 1.38 bits per heavy atom. The molecule has 0 aliphatic carbocycles. The molecule has 0 saturated heterocycles. The Morgan fingerprint density at radius 2 is 2.10 bits per heavy atom. The quantitative estimate of drug-likeness (QED) is 0.744. The predicted molar refractivity (Wildman–Crippen MR) is 74.7 cm³/mol. The van der Waals surface area contributed by atoms with Gasteiger partial charge in [-0.05, 0) is 30.5 Å². The van der Waals surface area contributed by atoms with Crippen molar-refractivity contribution in [3.8, 4) is 0 Å². The summed E-state index contributed by atoms with van der Waals surface area (Å²) in [5.74, 6) is -1.20. The summed E-state index contributed by atoms with van der Waals surface area (Å²) in [4.78, 5) is 35.8. The molecule has 0 spiro atoms. The van der Waals surface area contributed by atoms with E-state index in [0.29, 0.717) is 19.5 Å². The molecule has 2 rings (SSSR count). The van der Waals surface area contributed by atoms with Crippen LogP contribution in [0.15, 0.2) is 18.2 Å². The molecule has 0 saturated carbocycles. The summed E-state index contributed by atoms with van der Waals surface area (Å²) in [6.45, 7) is 2.32. The number of carbonyl (C=O) groups is 3. The highest BCUT2D eigenvalue weighted by atomic mass is 16.4. The molecule has 1 heterocycles. The van der Waals surface area contributed by atoms with E-state index >= 15 is 0 Å². The van der Waals surface area contributed by atoms with Gasteiger partial charge in [-0.3, -0.25) is 4.79 Å². The molecule has 7 heteroatoms. The number of primary amides is 1. The Bertz CT molecular complexity index is 600. The zero-order chi connectivity index (χ0) is 15.6. The van der Waals surface area contributed by atoms with Crippen molar-refractivity contribution in [2.75, 3.05) is 6.54 Å². The van der Waals surface area contributed by atoms with Gasteiger partial charge in [0.1, 0.15) is 6.04 Å². The van der Waals surface area contributed by atoms with E-state index in [1.807, 2.05) is 6.07 Å². The minimum absolute atomic E-state index is 0.236. The highest BCUT2D eigenvalue weighted by Crippen LogP contribution is 2.23. The first kappa shape index (κ1) is 14.8. The number of carboxylic acids is 1. The molecule has 1 aliphatic heterocycles. The third-order valence-electron chi connectivity index (χ3n) is 3.54. The molecule has 0 radical (unpaired) electrons. The van der Waals surface area contributed by atoms with Crippen molar-refractivity contribution in [1.29, 1.82) is 0 Å². The minimum Gasteiger partial charge on any atom is -0.478 e. The van der Waals surface area contributed by atoms with Crippen molar-refractivity contribution in [3.05, 3.63) is 34.9 Å². The van der Waals surface area contributed by atoms with Gasteiger partial charge < -0.3 is 21.1 Å². The maximum absolute atomic E-state index is 12.2. The molecule has 0 bridgehead atoms. The number of aromatic carboxylic acids is 1. The standard InChI is InChI=1S/C14H17N3O4/c1-8(16-14(15)21)12(18)17-6-5-10-9(7-17)3-2-4-11(10)13(19)20/h2-4,8H,5-7H2,1H3,(H,19,20)(H3,15,16,21). The number of carboxylic acid groups (broad SMARTS) is 1. The van der Waals surface area contributed by atoms with Gasteiger partial charge in [0.2, 0.25) is 5.91 Å². The van der Waals surface area contributed by atoms with Crippen molar-refractivity contribution in [1.82, 2.24) is 10.2 Å². The first-order chi connectivity index (χ1) is 9.90. The normalized spacial score (nSPS) is 15.0. The molecule has 4 N–H and O–H groups in total. The summed E-state index contributed by atoms with van der Waals surface area (Å²) in [5, 5.41) is 11.5. The number of hydrogen-bond acceptors (Lipinski definition) is 3. The highest BCUT2D eigenvalue weighted by molar-refractivity contribution is 5.90. The number of nitrogens with one attached hydrogen (secondary N) is 1. The first-order valence-corrected chi connectivity index (χ1v) is 6.59. The SMILES string of the molecule is CC(NC(N)=O)C(=O)N1CCc2c(cccc2C(=O)O)C1. The summed E-state index contributed by atoms with van der Waals surface area (Å²) < 4.78 is 0. The molecule has 112 valence electrons. The van der Waals surface area contributed by atoms with Crippen molar-refractivity contribution in [2.45, 2.75) is 25.9 Å². The van der Waals surface area contributed by atoms with Gasteiger partial charge in [-0.25, -0.2) is 9.59 Å². The van der Waals surface area contributed by atoms with E-state index in [1.165, 1.54) is 0 Å². The van der Waals surface area contributed by atoms with Gasteiger partial charge in [-0.2, -0.15) is 0 Å². The molecule has 21 heavy (non-hydrogen) atoms. The number of fused-ring (bicyclic) bond motifs is 1. The molecule has 1 aromatic carbocycles. The zero-order valence-corrected chi connectivity index (χ0v) is 11.6. The predicted octanol–water partition coefficient (Wildman–Crippen LogP) is 0.326. The first-order valence-electron chi connectivity index (χ1n) is 6.59. The number of nitrogens with two attached hydrogens (primary N) is 1. The lowest BCUT2D eigenvalue weighted by molar-refractivity contribution is -0.133. The fraction of sp³-hybridized carbons (Fsp3) is 0.357. The number of rotatable bonds is 3. The Kier molecular flexibility index (Phi) is 4.11. The van der Waals surface area contributed by atoms with Gasteiger partial charge in [-0.1, -0.05) is 12.1 Å². The summed E-state index contributed by atoms with van der Waals surface area (Å²) in [5.41, 5.74) is 6.87. The van der Waals surface area contributed by atoms with E-state index in [0.717, 1.165) is 11.1 Å². The van der Waals surface area contributed by atoms with E-state index in [9.17, 15) is 14.4 Å². The van der Waals surface area contributed by atoms with Crippen LogP contribution in [0.3, 0.4) is 0 Å². The van der Waals surface area contributed by atoms with Crippen molar-refractivity contribution >= 4 is 17.9 Å². The summed E-state index contributed by atoms with van der Waals surface area (Å²) in [6, 6.07) is 3.60. The number of urea groups is 1. The van der Waals surface area contributed by atoms with Gasteiger partial charge in [0.15, 0.2) is 0 Å². The van der Waals surface area contributed by atoms with Crippen molar-refractivity contribution in [2.24, 2.45) is 5.73 Å². The summed E-state index contributed by atoms with van der Waals surface area (Å²) >= 11 is 0.